The average Bonchev–Trinajstić information content (AvgIpc) is 2.74. The minimum atomic E-state index is -5.26. The van der Waals surface area contributed by atoms with Crippen molar-refractivity contribution in [1.82, 2.24) is 0 Å². The molecule has 0 N–H and O–H groups in total. The molecule has 0 radical (unpaired) electrons. The lowest BCUT2D eigenvalue weighted by Gasteiger charge is -2.20. The molecule has 0 saturated carbocycles. The van der Waals surface area contributed by atoms with Crippen molar-refractivity contribution in [2.45, 2.75) is 45.1 Å². The van der Waals surface area contributed by atoms with Gasteiger partial charge in [0.2, 0.25) is 5.75 Å². The Morgan fingerprint density at radius 3 is 1.58 bits per heavy atom. The summed E-state index contributed by atoms with van der Waals surface area (Å²) in [7, 11) is 0. The molecule has 0 spiro atoms. The molecule has 3 rings (SSSR count). The number of ether oxygens (including phenoxy) is 2. The number of alkyl halides is 5. The molecule has 3 aromatic rings. The van der Waals surface area contributed by atoms with Gasteiger partial charge >= 0.3 is 12.5 Å². The van der Waals surface area contributed by atoms with E-state index in [1.807, 2.05) is 0 Å². The van der Waals surface area contributed by atoms with Crippen LogP contribution in [0, 0.1) is 23.3 Å². The van der Waals surface area contributed by atoms with Gasteiger partial charge < -0.3 is 9.47 Å². The summed E-state index contributed by atoms with van der Waals surface area (Å²) in [6.45, 7) is 1.77. The van der Waals surface area contributed by atoms with Gasteiger partial charge in [-0.15, -0.1) is 13.2 Å². The highest BCUT2D eigenvalue weighted by Crippen LogP contribution is 2.36. The van der Waals surface area contributed by atoms with Crippen LogP contribution in [0.5, 0.6) is 11.5 Å². The van der Waals surface area contributed by atoms with Crippen molar-refractivity contribution in [3.8, 4) is 11.5 Å². The SMILES string of the molecule is CCCc1cc(F)c(C(F)(F)Oc2ccc(CCc3cc(F)c(OC(F)(F)F)c(F)c3)cc2)c(F)c1. The molecule has 0 aliphatic rings. The van der Waals surface area contributed by atoms with Crippen LogP contribution in [0.1, 0.15) is 35.6 Å². The van der Waals surface area contributed by atoms with E-state index in [1.54, 1.807) is 6.92 Å². The molecule has 194 valence electrons. The lowest BCUT2D eigenvalue weighted by atomic mass is 10.0. The molecule has 11 heteroatoms. The van der Waals surface area contributed by atoms with E-state index in [4.69, 9.17) is 0 Å². The van der Waals surface area contributed by atoms with Crippen molar-refractivity contribution in [1.29, 1.82) is 0 Å². The van der Waals surface area contributed by atoms with Crippen molar-refractivity contribution >= 4 is 0 Å². The highest BCUT2D eigenvalue weighted by molar-refractivity contribution is 5.34. The van der Waals surface area contributed by atoms with Crippen LogP contribution in [0.3, 0.4) is 0 Å². The summed E-state index contributed by atoms with van der Waals surface area (Å²) < 4.78 is 130. The molecule has 0 heterocycles. The molecule has 0 aromatic heterocycles. The third-order valence-corrected chi connectivity index (χ3v) is 5.08. The van der Waals surface area contributed by atoms with E-state index in [-0.39, 0.29) is 24.0 Å². The summed E-state index contributed by atoms with van der Waals surface area (Å²) in [5, 5.41) is 0. The van der Waals surface area contributed by atoms with E-state index in [0.29, 0.717) is 30.5 Å². The quantitative estimate of drug-likeness (QED) is 0.265. The minimum absolute atomic E-state index is 0.00294. The molecule has 36 heavy (non-hydrogen) atoms. The molecule has 0 unspecified atom stereocenters. The zero-order chi connectivity index (χ0) is 26.7. The van der Waals surface area contributed by atoms with Crippen LogP contribution in [0.25, 0.3) is 0 Å². The summed E-state index contributed by atoms with van der Waals surface area (Å²) in [6, 6.07) is 7.96. The van der Waals surface area contributed by atoms with Crippen molar-refractivity contribution in [2.75, 3.05) is 0 Å². The van der Waals surface area contributed by atoms with Crippen molar-refractivity contribution in [3.05, 3.63) is 94.1 Å². The molecule has 0 fully saturated rings. The Labute approximate surface area is 200 Å². The zero-order valence-corrected chi connectivity index (χ0v) is 18.7. The fraction of sp³-hybridized carbons (Fsp3) is 0.280. The second kappa shape index (κ2) is 10.7. The molecular weight excluding hydrogens is 503 g/mol. The molecule has 0 atom stereocenters. The topological polar surface area (TPSA) is 18.5 Å². The van der Waals surface area contributed by atoms with E-state index in [9.17, 15) is 39.5 Å². The Morgan fingerprint density at radius 1 is 0.611 bits per heavy atom. The number of benzene rings is 3. The van der Waals surface area contributed by atoms with Crippen LogP contribution in [0.2, 0.25) is 0 Å². The fourth-order valence-corrected chi connectivity index (χ4v) is 3.52. The summed E-state index contributed by atoms with van der Waals surface area (Å²) in [6.07, 6.45) is -8.56. The van der Waals surface area contributed by atoms with Gasteiger partial charge in [0.15, 0.2) is 11.6 Å². The number of hydrogen-bond acceptors (Lipinski definition) is 2. The maximum Gasteiger partial charge on any atom is 0.573 e. The number of rotatable bonds is 9. The molecule has 0 aliphatic carbocycles. The van der Waals surface area contributed by atoms with Gasteiger partial charge in [-0.1, -0.05) is 25.5 Å². The minimum Gasteiger partial charge on any atom is -0.429 e. The van der Waals surface area contributed by atoms with Crippen LogP contribution in [0.15, 0.2) is 48.5 Å². The van der Waals surface area contributed by atoms with Gasteiger partial charge in [0.1, 0.15) is 22.9 Å². The second-order valence-corrected chi connectivity index (χ2v) is 7.88. The predicted molar refractivity (Wildman–Crippen MR) is 112 cm³/mol. The Bertz CT molecular complexity index is 1160. The summed E-state index contributed by atoms with van der Waals surface area (Å²) >= 11 is 0. The van der Waals surface area contributed by atoms with Crippen molar-refractivity contribution < 1.29 is 49.0 Å². The van der Waals surface area contributed by atoms with Crippen LogP contribution in [0.4, 0.5) is 39.5 Å². The largest absolute Gasteiger partial charge is 0.573 e. The first-order valence-electron chi connectivity index (χ1n) is 10.7. The normalized spacial score (nSPS) is 12.1. The molecule has 2 nitrogen and oxygen atoms in total. The van der Waals surface area contributed by atoms with E-state index < -0.39 is 52.8 Å². The zero-order valence-electron chi connectivity index (χ0n) is 18.7. The predicted octanol–water partition coefficient (Wildman–Crippen LogP) is 8.01. The van der Waals surface area contributed by atoms with Gasteiger partial charge in [0, 0.05) is 0 Å². The Kier molecular flexibility index (Phi) is 8.10. The fourth-order valence-electron chi connectivity index (χ4n) is 3.52. The first-order chi connectivity index (χ1) is 16.8. The van der Waals surface area contributed by atoms with Gasteiger partial charge in [-0.25, -0.2) is 17.6 Å². The Balaban J connectivity index is 1.68. The van der Waals surface area contributed by atoms with Gasteiger partial charge in [-0.2, -0.15) is 8.78 Å². The van der Waals surface area contributed by atoms with Crippen LogP contribution in [-0.2, 0) is 25.4 Å². The highest BCUT2D eigenvalue weighted by Gasteiger charge is 2.41. The van der Waals surface area contributed by atoms with Crippen LogP contribution in [-0.4, -0.2) is 6.36 Å². The first kappa shape index (κ1) is 27.2. The maximum absolute atomic E-state index is 14.5. The van der Waals surface area contributed by atoms with Crippen LogP contribution >= 0.6 is 0 Å². The Hall–Kier alpha value is -3.37. The maximum atomic E-state index is 14.5. The number of aryl methyl sites for hydroxylation is 3. The monoisotopic (exact) mass is 522 g/mol. The average molecular weight is 522 g/mol. The summed E-state index contributed by atoms with van der Waals surface area (Å²) in [5.74, 6) is -7.91. The smallest absolute Gasteiger partial charge is 0.429 e. The molecule has 0 bridgehead atoms. The van der Waals surface area contributed by atoms with E-state index in [2.05, 4.69) is 9.47 Å². The molecular formula is C25H19F9O2. The van der Waals surface area contributed by atoms with Crippen molar-refractivity contribution in [2.24, 2.45) is 0 Å². The van der Waals surface area contributed by atoms with E-state index >= 15 is 0 Å². The van der Waals surface area contributed by atoms with Gasteiger partial charge in [-0.3, -0.25) is 0 Å². The lowest BCUT2D eigenvalue weighted by Crippen LogP contribution is -2.25. The van der Waals surface area contributed by atoms with Gasteiger partial charge in [-0.05, 0) is 72.4 Å². The molecule has 3 aromatic carbocycles. The van der Waals surface area contributed by atoms with E-state index in [1.165, 1.54) is 12.1 Å². The van der Waals surface area contributed by atoms with Crippen molar-refractivity contribution in [3.63, 3.8) is 0 Å². The molecule has 0 amide bonds. The van der Waals surface area contributed by atoms with Gasteiger partial charge in [0.25, 0.3) is 0 Å². The Morgan fingerprint density at radius 2 is 1.08 bits per heavy atom. The first-order valence-corrected chi connectivity index (χ1v) is 10.7. The van der Waals surface area contributed by atoms with Crippen LogP contribution < -0.4 is 9.47 Å². The number of halogens is 9. The number of hydrogen-bond donors (Lipinski definition) is 0. The van der Waals surface area contributed by atoms with Gasteiger partial charge in [0.05, 0.1) is 0 Å². The highest BCUT2D eigenvalue weighted by atomic mass is 19.4. The van der Waals surface area contributed by atoms with E-state index in [0.717, 1.165) is 24.3 Å². The second-order valence-electron chi connectivity index (χ2n) is 7.88. The summed E-state index contributed by atoms with van der Waals surface area (Å²) in [5.41, 5.74) is -0.751. The summed E-state index contributed by atoms with van der Waals surface area (Å²) in [4.78, 5) is 0. The molecule has 0 saturated heterocycles. The third-order valence-electron chi connectivity index (χ3n) is 5.08. The standard InChI is InChI=1S/C25H19F9O2/c1-2-3-15-10-18(26)22(19(27)11-15)24(30,31)35-17-8-6-14(7-9-17)4-5-16-12-20(28)23(21(29)13-16)36-25(32,33)34/h6-13H,2-5H2,1H3. The lowest BCUT2D eigenvalue weighted by molar-refractivity contribution is -0.276. The molecule has 0 aliphatic heterocycles. The third kappa shape index (κ3) is 6.86.